The smallest absolute Gasteiger partial charge is 0.340 e. The predicted octanol–water partition coefficient (Wildman–Crippen LogP) is 0.115. The number of aliphatic hydroxyl groups is 1. The summed E-state index contributed by atoms with van der Waals surface area (Å²) < 4.78 is 25.7. The van der Waals surface area contributed by atoms with E-state index in [4.69, 9.17) is 21.2 Å². The number of fused-ring (bicyclic) bond motifs is 5. The number of esters is 1. The molecule has 4 heterocycles. The summed E-state index contributed by atoms with van der Waals surface area (Å²) in [6.07, 6.45) is 1.12. The Morgan fingerprint density at radius 1 is 1.11 bits per heavy atom. The lowest BCUT2D eigenvalue weighted by Gasteiger charge is -2.22. The fourth-order valence-corrected chi connectivity index (χ4v) is 5.66. The molecular formula is C31H37FN6O8. The van der Waals surface area contributed by atoms with Gasteiger partial charge in [0.2, 0.25) is 17.7 Å². The number of carbonyl (C=O) groups is 4. The molecule has 246 valence electrons. The summed E-state index contributed by atoms with van der Waals surface area (Å²) in [5, 5.41) is 15.8. The Hall–Kier alpha value is -4.73. The molecule has 15 heteroatoms. The number of benzene rings is 1. The molecule has 1 aliphatic carbocycles. The predicted molar refractivity (Wildman–Crippen MR) is 164 cm³/mol. The standard InChI is InChI=1S/C22H17FN2O4.C7H14N4O4.C2H6/c1-9-10-3-2-4-11-13-7-25-17(19(13)24-16(18(10)11)6-15(9)23)5-12-14(21(25)27)8-29-22(28)20(12)26;8-1-6(13)10-2-7(14)11-4-15-3-5(9)12;1-2/h5-6,20,26H,2-4,7-8H2,1H3;1-4,8H2,(H2,9,12)(H,10,13)(H,11,14);1-2H3. The van der Waals surface area contributed by atoms with E-state index in [1.54, 1.807) is 17.6 Å². The fraction of sp³-hybridized carbons (Fsp3) is 0.419. The van der Waals surface area contributed by atoms with Crippen LogP contribution in [0, 0.1) is 12.7 Å². The number of nitrogens with one attached hydrogen (secondary N) is 2. The maximum atomic E-state index is 14.5. The zero-order chi connectivity index (χ0) is 33.7. The molecule has 0 bridgehead atoms. The van der Waals surface area contributed by atoms with Gasteiger partial charge in [0.1, 0.15) is 25.8 Å². The van der Waals surface area contributed by atoms with Crippen LogP contribution in [0.2, 0.25) is 0 Å². The first-order valence-corrected chi connectivity index (χ1v) is 14.9. The summed E-state index contributed by atoms with van der Waals surface area (Å²) in [5.74, 6) is -2.53. The van der Waals surface area contributed by atoms with Crippen LogP contribution in [0.25, 0.3) is 22.3 Å². The van der Waals surface area contributed by atoms with Gasteiger partial charge in [-0.2, -0.15) is 0 Å². The Morgan fingerprint density at radius 3 is 2.52 bits per heavy atom. The van der Waals surface area contributed by atoms with E-state index < -0.39 is 29.8 Å². The van der Waals surface area contributed by atoms with Crippen LogP contribution in [0.15, 0.2) is 16.9 Å². The molecule has 7 N–H and O–H groups in total. The molecule has 2 aromatic heterocycles. The summed E-state index contributed by atoms with van der Waals surface area (Å²) >= 11 is 0. The number of aryl methyl sites for hydroxylation is 2. The van der Waals surface area contributed by atoms with Gasteiger partial charge in [-0.3, -0.25) is 19.2 Å². The van der Waals surface area contributed by atoms with E-state index in [1.807, 2.05) is 13.8 Å². The van der Waals surface area contributed by atoms with E-state index in [-0.39, 0.29) is 50.0 Å². The number of rotatable bonds is 7. The lowest BCUT2D eigenvalue weighted by atomic mass is 9.85. The Balaban J connectivity index is 0.000000242. The lowest BCUT2D eigenvalue weighted by molar-refractivity contribution is -0.157. The van der Waals surface area contributed by atoms with Gasteiger partial charge in [-0.25, -0.2) is 14.2 Å². The molecule has 0 fully saturated rings. The number of pyridine rings is 2. The van der Waals surface area contributed by atoms with Crippen molar-refractivity contribution in [2.24, 2.45) is 11.5 Å². The minimum Gasteiger partial charge on any atom is -0.458 e. The fourth-order valence-electron chi connectivity index (χ4n) is 5.66. The number of ether oxygens (including phenoxy) is 2. The molecule has 3 aliphatic rings. The number of halogens is 1. The maximum absolute atomic E-state index is 14.5. The van der Waals surface area contributed by atoms with Gasteiger partial charge in [0, 0.05) is 22.6 Å². The van der Waals surface area contributed by atoms with Crippen LogP contribution in [0.4, 0.5) is 4.39 Å². The molecule has 0 radical (unpaired) electrons. The van der Waals surface area contributed by atoms with Crippen LogP contribution in [-0.4, -0.2) is 64.8 Å². The number of primary amides is 1. The Morgan fingerprint density at radius 2 is 1.83 bits per heavy atom. The molecule has 3 aromatic rings. The molecule has 14 nitrogen and oxygen atoms in total. The minimum atomic E-state index is -1.48. The zero-order valence-corrected chi connectivity index (χ0v) is 25.8. The van der Waals surface area contributed by atoms with Gasteiger partial charge in [0.25, 0.3) is 5.56 Å². The minimum absolute atomic E-state index is 0.139. The van der Waals surface area contributed by atoms with Crippen molar-refractivity contribution in [3.63, 3.8) is 0 Å². The Labute approximate surface area is 263 Å². The van der Waals surface area contributed by atoms with Crippen LogP contribution >= 0.6 is 0 Å². The summed E-state index contributed by atoms with van der Waals surface area (Å²) in [5.41, 5.74) is 15.6. The normalized spacial score (nSPS) is 15.2. The van der Waals surface area contributed by atoms with Gasteiger partial charge < -0.3 is 41.2 Å². The number of amides is 3. The van der Waals surface area contributed by atoms with Crippen molar-refractivity contribution in [3.8, 4) is 11.4 Å². The highest BCUT2D eigenvalue weighted by molar-refractivity contribution is 5.92. The Bertz CT molecular complexity index is 1770. The van der Waals surface area contributed by atoms with Crippen LogP contribution in [0.5, 0.6) is 0 Å². The Kier molecular flexibility index (Phi) is 10.8. The molecule has 3 amide bonds. The quantitative estimate of drug-likeness (QED) is 0.104. The van der Waals surface area contributed by atoms with E-state index in [2.05, 4.69) is 15.4 Å². The van der Waals surface area contributed by atoms with Crippen LogP contribution in [0.3, 0.4) is 0 Å². The third kappa shape index (κ3) is 6.76. The van der Waals surface area contributed by atoms with Crippen molar-refractivity contribution in [2.45, 2.75) is 59.3 Å². The van der Waals surface area contributed by atoms with E-state index >= 15 is 0 Å². The van der Waals surface area contributed by atoms with Gasteiger partial charge in [0.05, 0.1) is 42.1 Å². The van der Waals surface area contributed by atoms with Crippen molar-refractivity contribution < 1.29 is 38.1 Å². The van der Waals surface area contributed by atoms with Crippen molar-refractivity contribution >= 4 is 34.6 Å². The second-order valence-corrected chi connectivity index (χ2v) is 10.5. The number of cyclic esters (lactones) is 1. The number of aromatic nitrogens is 2. The van der Waals surface area contributed by atoms with Crippen LogP contribution < -0.4 is 27.7 Å². The first kappa shape index (κ1) is 34.1. The third-order valence-electron chi connectivity index (χ3n) is 7.79. The molecule has 0 spiro atoms. The van der Waals surface area contributed by atoms with E-state index in [0.29, 0.717) is 34.6 Å². The van der Waals surface area contributed by atoms with Gasteiger partial charge in [-0.05, 0) is 48.9 Å². The average Bonchev–Trinajstić information content (AvgIpc) is 3.43. The summed E-state index contributed by atoms with van der Waals surface area (Å²) in [6.45, 7) is 5.28. The monoisotopic (exact) mass is 640 g/mol. The lowest BCUT2D eigenvalue weighted by Crippen LogP contribution is -2.40. The van der Waals surface area contributed by atoms with Gasteiger partial charge >= 0.3 is 5.97 Å². The first-order valence-electron chi connectivity index (χ1n) is 14.9. The summed E-state index contributed by atoms with van der Waals surface area (Å²) in [7, 11) is 0. The van der Waals surface area contributed by atoms with E-state index in [0.717, 1.165) is 41.3 Å². The molecule has 0 saturated carbocycles. The molecule has 2 aliphatic heterocycles. The molecule has 1 aromatic carbocycles. The number of aliphatic hydroxyl groups excluding tert-OH is 1. The molecule has 0 saturated heterocycles. The second kappa shape index (κ2) is 14.6. The van der Waals surface area contributed by atoms with Gasteiger partial charge in [-0.15, -0.1) is 0 Å². The third-order valence-corrected chi connectivity index (χ3v) is 7.79. The first-order chi connectivity index (χ1) is 22.0. The summed E-state index contributed by atoms with van der Waals surface area (Å²) in [6, 6.07) is 3.13. The molecule has 46 heavy (non-hydrogen) atoms. The molecule has 1 unspecified atom stereocenters. The highest BCUT2D eigenvalue weighted by Crippen LogP contribution is 2.41. The maximum Gasteiger partial charge on any atom is 0.340 e. The average molecular weight is 641 g/mol. The van der Waals surface area contributed by atoms with Crippen LogP contribution in [-0.2, 0) is 54.6 Å². The highest BCUT2D eigenvalue weighted by Gasteiger charge is 2.35. The molecule has 1 atom stereocenters. The zero-order valence-electron chi connectivity index (χ0n) is 25.8. The summed E-state index contributed by atoms with van der Waals surface area (Å²) in [4.78, 5) is 61.4. The number of nitrogens with zero attached hydrogens (tertiary/aromatic N) is 2. The second-order valence-electron chi connectivity index (χ2n) is 10.5. The van der Waals surface area contributed by atoms with Gasteiger partial charge in [0.15, 0.2) is 6.10 Å². The number of nitrogens with two attached hydrogens (primary N) is 2. The SMILES string of the molecule is CC.Cc1c(F)cc2nc3c(c4c2c1CCC4)Cn1c-3cc2c(c1=O)COC(=O)C2O.NCC(=O)NCC(=O)NCOCC(N)=O. The number of hydrogen-bond acceptors (Lipinski definition) is 10. The van der Waals surface area contributed by atoms with E-state index in [1.165, 1.54) is 6.07 Å². The number of carbonyl (C=O) groups excluding carboxylic acids is 4. The van der Waals surface area contributed by atoms with Crippen molar-refractivity contribution in [2.75, 3.05) is 26.4 Å². The number of hydrogen-bond donors (Lipinski definition) is 5. The largest absolute Gasteiger partial charge is 0.458 e. The van der Waals surface area contributed by atoms with Crippen molar-refractivity contribution in [1.29, 1.82) is 0 Å². The van der Waals surface area contributed by atoms with Crippen LogP contribution in [0.1, 0.15) is 59.8 Å². The topological polar surface area (TPSA) is 218 Å². The molecule has 6 rings (SSSR count). The van der Waals surface area contributed by atoms with E-state index in [9.17, 15) is 33.5 Å². The highest BCUT2D eigenvalue weighted by atomic mass is 19.1. The van der Waals surface area contributed by atoms with Gasteiger partial charge in [-0.1, -0.05) is 13.8 Å². The van der Waals surface area contributed by atoms with Crippen molar-refractivity contribution in [1.82, 2.24) is 20.2 Å². The molecular weight excluding hydrogens is 603 g/mol. The van der Waals surface area contributed by atoms with Crippen molar-refractivity contribution in [3.05, 3.63) is 61.7 Å².